The second-order valence-electron chi connectivity index (χ2n) is 14.8. The lowest BCUT2D eigenvalue weighted by Crippen LogP contribution is -2.56. The zero-order valence-electron chi connectivity index (χ0n) is 33.0. The largest absolute Gasteiger partial charge is 0.479 e. The number of hydrogen-bond acceptors (Lipinski definition) is 8. The Morgan fingerprint density at radius 3 is 2.24 bits per heavy atom. The number of ether oxygens (including phenoxy) is 1. The summed E-state index contributed by atoms with van der Waals surface area (Å²) < 4.78 is 5.41. The first-order chi connectivity index (χ1) is 28.1. The number of nitrogens with zero attached hydrogens (tertiary/aromatic N) is 2. The molecule has 2 fully saturated rings. The van der Waals surface area contributed by atoms with Crippen LogP contribution >= 0.6 is 0 Å². The number of carbonyl (C=O) groups excluding carboxylic acids is 3. The Labute approximate surface area is 343 Å². The van der Waals surface area contributed by atoms with Crippen molar-refractivity contribution in [3.63, 3.8) is 0 Å². The van der Waals surface area contributed by atoms with Crippen LogP contribution in [0.25, 0.3) is 16.8 Å². The lowest BCUT2D eigenvalue weighted by molar-refractivity contribution is -0.149. The molecule has 15 heteroatoms. The smallest absolute Gasteiger partial charge is 0.334 e. The number of imidazole rings is 1. The highest BCUT2D eigenvalue weighted by atomic mass is 16.5. The zero-order chi connectivity index (χ0) is 41.3. The molecule has 0 unspecified atom stereocenters. The van der Waals surface area contributed by atoms with E-state index in [1.807, 2.05) is 72.8 Å². The van der Waals surface area contributed by atoms with Gasteiger partial charge in [-0.25, -0.2) is 14.6 Å². The standard InChI is InChI=1S/C35H45N5O7.C9H8O2.H2O/c41-31(40-13-15-47-16-14-40)19-26(18-25-11-6-10-24-9-4-5-12-28(24)25)33(43)39-30(20-27-21-36-22-37-27)34(44)38-29(32(42)35(45)46)17-23-7-2-1-3-8-23;10-9(11)7-6-8-4-2-1-3-5-8;/h4-6,9-12,21-23,26,29-30,32,42H,1-3,7-8,13-20H2,(H,36,37)(H,38,44)(H,39,43)(H,45,46);1-7H,(H,10,11);1H2/b;7-6+;/t26-,29+,30+,32-;;/m1../s1. The van der Waals surface area contributed by atoms with Gasteiger partial charge in [0.1, 0.15) is 6.04 Å². The van der Waals surface area contributed by atoms with Crippen LogP contribution in [0.4, 0.5) is 0 Å². The first-order valence-corrected chi connectivity index (χ1v) is 19.8. The quantitative estimate of drug-likeness (QED) is 0.0899. The maximum Gasteiger partial charge on any atom is 0.334 e. The molecule has 0 radical (unpaired) electrons. The van der Waals surface area contributed by atoms with Gasteiger partial charge in [-0.05, 0) is 46.7 Å². The summed E-state index contributed by atoms with van der Waals surface area (Å²) in [6.07, 6.45) is 9.48. The van der Waals surface area contributed by atoms with E-state index in [9.17, 15) is 34.2 Å². The summed E-state index contributed by atoms with van der Waals surface area (Å²) in [5, 5.41) is 36.1. The number of aliphatic carboxylic acids is 2. The third kappa shape index (κ3) is 14.5. The average Bonchev–Trinajstić information content (AvgIpc) is 3.76. The van der Waals surface area contributed by atoms with Gasteiger partial charge in [0.25, 0.3) is 0 Å². The van der Waals surface area contributed by atoms with Crippen molar-refractivity contribution in [3.8, 4) is 0 Å². The molecule has 1 aromatic heterocycles. The van der Waals surface area contributed by atoms with Gasteiger partial charge in [-0.2, -0.15) is 0 Å². The monoisotopic (exact) mass is 813 g/mol. The van der Waals surface area contributed by atoms with E-state index in [0.29, 0.717) is 38.4 Å². The lowest BCUT2D eigenvalue weighted by atomic mass is 9.83. The highest BCUT2D eigenvalue weighted by Crippen LogP contribution is 2.28. The molecule has 0 spiro atoms. The number of morpholine rings is 1. The molecule has 3 amide bonds. The molecule has 8 N–H and O–H groups in total. The predicted octanol–water partition coefficient (Wildman–Crippen LogP) is 3.56. The molecule has 1 saturated heterocycles. The summed E-state index contributed by atoms with van der Waals surface area (Å²) in [6.45, 7) is 1.75. The first-order valence-electron chi connectivity index (χ1n) is 19.8. The van der Waals surface area contributed by atoms with Crippen molar-refractivity contribution in [1.82, 2.24) is 25.5 Å². The number of amides is 3. The van der Waals surface area contributed by atoms with Gasteiger partial charge < -0.3 is 46.1 Å². The number of aliphatic hydroxyl groups excluding tert-OH is 1. The van der Waals surface area contributed by atoms with E-state index in [-0.39, 0.29) is 36.6 Å². The molecule has 1 aliphatic heterocycles. The molecular weight excluding hydrogens is 759 g/mol. The van der Waals surface area contributed by atoms with E-state index in [4.69, 9.17) is 9.84 Å². The fourth-order valence-corrected chi connectivity index (χ4v) is 7.49. The number of benzene rings is 3. The maximum atomic E-state index is 14.1. The van der Waals surface area contributed by atoms with Gasteiger partial charge in [0.05, 0.1) is 37.2 Å². The fourth-order valence-electron chi connectivity index (χ4n) is 7.49. The number of aliphatic hydroxyl groups is 1. The van der Waals surface area contributed by atoms with Crippen molar-refractivity contribution in [2.24, 2.45) is 11.8 Å². The predicted molar refractivity (Wildman–Crippen MR) is 221 cm³/mol. The third-order valence-electron chi connectivity index (χ3n) is 10.6. The molecule has 15 nitrogen and oxygen atoms in total. The van der Waals surface area contributed by atoms with E-state index in [2.05, 4.69) is 20.6 Å². The van der Waals surface area contributed by atoms with Crippen LogP contribution in [0.1, 0.15) is 61.8 Å². The minimum absolute atomic E-state index is 0. The second-order valence-corrected chi connectivity index (χ2v) is 14.8. The van der Waals surface area contributed by atoms with E-state index >= 15 is 0 Å². The number of carboxylic acids is 2. The van der Waals surface area contributed by atoms with Gasteiger partial charge in [0.15, 0.2) is 6.10 Å². The fraction of sp³-hybridized carbons (Fsp3) is 0.409. The molecule has 2 heterocycles. The van der Waals surface area contributed by atoms with Crippen molar-refractivity contribution in [3.05, 3.63) is 108 Å². The molecule has 3 aromatic carbocycles. The number of rotatable bonds is 16. The normalized spacial score (nSPS) is 16.4. The maximum absolute atomic E-state index is 14.1. The number of fused-ring (bicyclic) bond motifs is 1. The average molecular weight is 814 g/mol. The summed E-state index contributed by atoms with van der Waals surface area (Å²) in [5.74, 6) is -4.22. The van der Waals surface area contributed by atoms with Crippen LogP contribution in [-0.4, -0.2) is 110 Å². The van der Waals surface area contributed by atoms with Gasteiger partial charge in [0, 0.05) is 38.2 Å². The Morgan fingerprint density at radius 1 is 0.864 bits per heavy atom. The summed E-state index contributed by atoms with van der Waals surface area (Å²) in [7, 11) is 0. The zero-order valence-corrected chi connectivity index (χ0v) is 33.0. The number of aromatic amines is 1. The number of hydrogen-bond donors (Lipinski definition) is 6. The Morgan fingerprint density at radius 2 is 1.56 bits per heavy atom. The van der Waals surface area contributed by atoms with E-state index in [1.165, 1.54) is 6.33 Å². The summed E-state index contributed by atoms with van der Waals surface area (Å²) in [6, 6.07) is 20.9. The number of carboxylic acid groups (broad SMARTS) is 2. The highest BCUT2D eigenvalue weighted by molar-refractivity contribution is 5.92. The molecule has 1 saturated carbocycles. The SMILES string of the molecule is O.O=C(N[C@@H](Cc1c[nH]cn1)C(=O)N[C@@H](CC1CCCCC1)[C@@H](O)C(=O)O)[C@@H](CC(=O)N1CCOCC1)Cc1cccc2ccccc12.O=C(O)/C=C/c1ccccc1. The lowest BCUT2D eigenvalue weighted by Gasteiger charge is -2.31. The van der Waals surface area contributed by atoms with Crippen molar-refractivity contribution in [2.75, 3.05) is 26.3 Å². The number of aromatic nitrogens is 2. The molecule has 59 heavy (non-hydrogen) atoms. The molecule has 316 valence electrons. The molecule has 0 bridgehead atoms. The van der Waals surface area contributed by atoms with Crippen LogP contribution in [0, 0.1) is 11.8 Å². The third-order valence-corrected chi connectivity index (χ3v) is 10.6. The van der Waals surface area contributed by atoms with Crippen LogP contribution in [0.3, 0.4) is 0 Å². The van der Waals surface area contributed by atoms with Crippen LogP contribution < -0.4 is 10.6 Å². The molecular formula is C44H55N5O10. The summed E-state index contributed by atoms with van der Waals surface area (Å²) in [5.41, 5.74) is 2.32. The van der Waals surface area contributed by atoms with Crippen LogP contribution in [-0.2, 0) is 41.6 Å². The van der Waals surface area contributed by atoms with Crippen molar-refractivity contribution in [2.45, 2.75) is 76.0 Å². The van der Waals surface area contributed by atoms with Gasteiger partial charge in [0.2, 0.25) is 17.7 Å². The van der Waals surface area contributed by atoms with Crippen molar-refractivity contribution >= 4 is 46.5 Å². The minimum Gasteiger partial charge on any atom is -0.479 e. The molecule has 6 rings (SSSR count). The van der Waals surface area contributed by atoms with Crippen molar-refractivity contribution < 1.29 is 49.5 Å². The Hall–Kier alpha value is -5.90. The second kappa shape index (κ2) is 23.5. The molecule has 4 aromatic rings. The number of nitrogens with one attached hydrogen (secondary N) is 3. The topological polar surface area (TPSA) is 243 Å². The highest BCUT2D eigenvalue weighted by Gasteiger charge is 2.35. The Balaban J connectivity index is 0.000000555. The molecule has 4 atom stereocenters. The van der Waals surface area contributed by atoms with E-state index in [1.54, 1.807) is 17.2 Å². The minimum atomic E-state index is -1.80. The van der Waals surface area contributed by atoms with Crippen LogP contribution in [0.15, 0.2) is 91.4 Å². The van der Waals surface area contributed by atoms with E-state index in [0.717, 1.165) is 60.1 Å². The van der Waals surface area contributed by atoms with Crippen molar-refractivity contribution in [1.29, 1.82) is 0 Å². The Kier molecular flexibility index (Phi) is 18.2. The van der Waals surface area contributed by atoms with Gasteiger partial charge in [-0.3, -0.25) is 14.4 Å². The van der Waals surface area contributed by atoms with Crippen LogP contribution in [0.5, 0.6) is 0 Å². The summed E-state index contributed by atoms with van der Waals surface area (Å²) in [4.78, 5) is 72.1. The van der Waals surface area contributed by atoms with E-state index < -0.39 is 47.9 Å². The van der Waals surface area contributed by atoms with Gasteiger partial charge >= 0.3 is 11.9 Å². The number of H-pyrrole nitrogens is 1. The molecule has 1 aliphatic carbocycles. The number of carbonyl (C=O) groups is 5. The summed E-state index contributed by atoms with van der Waals surface area (Å²) >= 11 is 0. The first kappa shape index (κ1) is 45.8. The van der Waals surface area contributed by atoms with Crippen LogP contribution in [0.2, 0.25) is 0 Å². The van der Waals surface area contributed by atoms with Gasteiger partial charge in [-0.1, -0.05) is 105 Å². The molecule has 2 aliphatic rings. The van der Waals surface area contributed by atoms with Gasteiger partial charge in [-0.15, -0.1) is 0 Å². The Bertz CT molecular complexity index is 1970.